The van der Waals surface area contributed by atoms with Crippen molar-refractivity contribution in [3.05, 3.63) is 0 Å². The predicted octanol–water partition coefficient (Wildman–Crippen LogP) is 1.17. The van der Waals surface area contributed by atoms with Gasteiger partial charge in [-0.05, 0) is 33.6 Å². The van der Waals surface area contributed by atoms with Crippen molar-refractivity contribution in [2.45, 2.75) is 51.7 Å². The Morgan fingerprint density at radius 2 is 1.94 bits per heavy atom. The molecule has 0 unspecified atom stereocenters. The number of ether oxygens (including phenoxy) is 1. The number of primary amides is 1. The van der Waals surface area contributed by atoms with Gasteiger partial charge in [0.1, 0.15) is 5.60 Å². The van der Waals surface area contributed by atoms with E-state index in [-0.39, 0.29) is 17.9 Å². The first kappa shape index (κ1) is 12.8. The summed E-state index contributed by atoms with van der Waals surface area (Å²) in [5.74, 6) is -0.605. The van der Waals surface area contributed by atoms with Crippen molar-refractivity contribution in [3.63, 3.8) is 0 Å². The van der Waals surface area contributed by atoms with Gasteiger partial charge in [-0.15, -0.1) is 0 Å². The molecule has 16 heavy (non-hydrogen) atoms. The van der Waals surface area contributed by atoms with Gasteiger partial charge in [0, 0.05) is 6.04 Å². The van der Waals surface area contributed by atoms with Crippen LogP contribution in [0.2, 0.25) is 0 Å². The minimum absolute atomic E-state index is 0.174. The Labute approximate surface area is 95.7 Å². The number of hydrogen-bond donors (Lipinski definition) is 2. The summed E-state index contributed by atoms with van der Waals surface area (Å²) in [7, 11) is 0. The molecule has 0 heterocycles. The number of rotatable bonds is 2. The van der Waals surface area contributed by atoms with E-state index in [4.69, 9.17) is 10.5 Å². The van der Waals surface area contributed by atoms with E-state index in [2.05, 4.69) is 5.32 Å². The molecule has 0 aliphatic heterocycles. The van der Waals surface area contributed by atoms with E-state index in [9.17, 15) is 9.59 Å². The minimum Gasteiger partial charge on any atom is -0.444 e. The Morgan fingerprint density at radius 3 is 2.44 bits per heavy atom. The maximum atomic E-state index is 11.5. The summed E-state index contributed by atoms with van der Waals surface area (Å²) in [6, 6.07) is -0.174. The highest BCUT2D eigenvalue weighted by Gasteiger charge is 2.33. The van der Waals surface area contributed by atoms with Crippen LogP contribution >= 0.6 is 0 Å². The molecule has 5 nitrogen and oxygen atoms in total. The monoisotopic (exact) mass is 228 g/mol. The zero-order chi connectivity index (χ0) is 12.3. The molecule has 0 spiro atoms. The van der Waals surface area contributed by atoms with Gasteiger partial charge >= 0.3 is 6.09 Å². The van der Waals surface area contributed by atoms with Crippen molar-refractivity contribution in [2.75, 3.05) is 0 Å². The number of carbonyl (C=O) groups excluding carboxylic acids is 2. The number of nitrogens with one attached hydrogen (secondary N) is 1. The van der Waals surface area contributed by atoms with Gasteiger partial charge in [-0.1, -0.05) is 6.42 Å². The van der Waals surface area contributed by atoms with Gasteiger partial charge < -0.3 is 15.8 Å². The van der Waals surface area contributed by atoms with E-state index in [1.165, 1.54) is 0 Å². The molecule has 0 aromatic carbocycles. The molecule has 0 aromatic rings. The molecule has 2 atom stereocenters. The molecule has 1 aliphatic rings. The molecule has 0 saturated heterocycles. The van der Waals surface area contributed by atoms with E-state index in [1.54, 1.807) is 20.8 Å². The van der Waals surface area contributed by atoms with Crippen molar-refractivity contribution >= 4 is 12.0 Å². The quantitative estimate of drug-likeness (QED) is 0.744. The van der Waals surface area contributed by atoms with Crippen LogP contribution < -0.4 is 11.1 Å². The summed E-state index contributed by atoms with van der Waals surface area (Å²) in [4.78, 5) is 22.6. The van der Waals surface area contributed by atoms with Crippen LogP contribution in [0, 0.1) is 5.92 Å². The van der Waals surface area contributed by atoms with Gasteiger partial charge in [0.15, 0.2) is 0 Å². The lowest BCUT2D eigenvalue weighted by Crippen LogP contribution is -2.44. The van der Waals surface area contributed by atoms with Crippen molar-refractivity contribution in [1.29, 1.82) is 0 Å². The summed E-state index contributed by atoms with van der Waals surface area (Å²) < 4.78 is 5.13. The molecular weight excluding hydrogens is 208 g/mol. The van der Waals surface area contributed by atoms with E-state index in [0.29, 0.717) is 0 Å². The summed E-state index contributed by atoms with van der Waals surface area (Å²) in [5, 5.41) is 2.70. The predicted molar refractivity (Wildman–Crippen MR) is 59.7 cm³/mol. The summed E-state index contributed by atoms with van der Waals surface area (Å²) in [5.41, 5.74) is 4.74. The molecule has 1 saturated carbocycles. The molecule has 0 bridgehead atoms. The molecule has 1 fully saturated rings. The highest BCUT2D eigenvalue weighted by atomic mass is 16.6. The van der Waals surface area contributed by atoms with E-state index < -0.39 is 11.7 Å². The molecule has 1 rings (SSSR count). The number of carbonyl (C=O) groups is 2. The largest absolute Gasteiger partial charge is 0.444 e. The van der Waals surface area contributed by atoms with Crippen LogP contribution in [0.15, 0.2) is 0 Å². The fourth-order valence-corrected chi connectivity index (χ4v) is 1.93. The SMILES string of the molecule is CC(C)(C)OC(=O)N[C@@H]1CCC[C@@H]1C(N)=O. The topological polar surface area (TPSA) is 81.4 Å². The Morgan fingerprint density at radius 1 is 1.31 bits per heavy atom. The third-order valence-electron chi connectivity index (χ3n) is 2.58. The molecule has 3 N–H and O–H groups in total. The first-order valence-electron chi connectivity index (χ1n) is 5.58. The molecule has 2 amide bonds. The number of amides is 2. The summed E-state index contributed by atoms with van der Waals surface area (Å²) in [6.45, 7) is 5.40. The molecule has 5 heteroatoms. The lowest BCUT2D eigenvalue weighted by atomic mass is 10.0. The van der Waals surface area contributed by atoms with Crippen LogP contribution in [0.3, 0.4) is 0 Å². The Balaban J connectivity index is 2.47. The smallest absolute Gasteiger partial charge is 0.407 e. The number of hydrogen-bond acceptors (Lipinski definition) is 3. The van der Waals surface area contributed by atoms with E-state index >= 15 is 0 Å². The van der Waals surface area contributed by atoms with Crippen LogP contribution in [-0.2, 0) is 9.53 Å². The lowest BCUT2D eigenvalue weighted by Gasteiger charge is -2.23. The van der Waals surface area contributed by atoms with Gasteiger partial charge in [-0.3, -0.25) is 4.79 Å². The van der Waals surface area contributed by atoms with Crippen LogP contribution in [-0.4, -0.2) is 23.6 Å². The zero-order valence-corrected chi connectivity index (χ0v) is 10.1. The van der Waals surface area contributed by atoms with Gasteiger partial charge in [-0.2, -0.15) is 0 Å². The standard InChI is InChI=1S/C11H20N2O3/c1-11(2,3)16-10(15)13-8-6-4-5-7(8)9(12)14/h7-8H,4-6H2,1-3H3,(H2,12,14)(H,13,15)/t7-,8+/m0/s1. The van der Waals surface area contributed by atoms with Crippen LogP contribution in [0.25, 0.3) is 0 Å². The Hall–Kier alpha value is -1.26. The van der Waals surface area contributed by atoms with Gasteiger partial charge in [0.25, 0.3) is 0 Å². The summed E-state index contributed by atoms with van der Waals surface area (Å²) in [6.07, 6.45) is 1.96. The van der Waals surface area contributed by atoms with Crippen molar-refractivity contribution in [1.82, 2.24) is 5.32 Å². The second-order valence-electron chi connectivity index (χ2n) is 5.19. The molecular formula is C11H20N2O3. The maximum absolute atomic E-state index is 11.5. The average Bonchev–Trinajstić information content (AvgIpc) is 2.47. The van der Waals surface area contributed by atoms with Crippen LogP contribution in [0.5, 0.6) is 0 Å². The highest BCUT2D eigenvalue weighted by molar-refractivity contribution is 5.79. The molecule has 92 valence electrons. The average molecular weight is 228 g/mol. The van der Waals surface area contributed by atoms with Crippen LogP contribution in [0.1, 0.15) is 40.0 Å². The Kier molecular flexibility index (Phi) is 3.78. The summed E-state index contributed by atoms with van der Waals surface area (Å²) >= 11 is 0. The second kappa shape index (κ2) is 4.72. The minimum atomic E-state index is -0.523. The van der Waals surface area contributed by atoms with Gasteiger partial charge in [0.05, 0.1) is 5.92 Å². The van der Waals surface area contributed by atoms with Crippen molar-refractivity contribution in [2.24, 2.45) is 11.7 Å². The zero-order valence-electron chi connectivity index (χ0n) is 10.1. The Bertz CT molecular complexity index is 283. The molecule has 0 aromatic heterocycles. The van der Waals surface area contributed by atoms with Crippen molar-refractivity contribution in [3.8, 4) is 0 Å². The van der Waals surface area contributed by atoms with Gasteiger partial charge in [-0.25, -0.2) is 4.79 Å². The normalized spacial score (nSPS) is 25.2. The fourth-order valence-electron chi connectivity index (χ4n) is 1.93. The first-order valence-corrected chi connectivity index (χ1v) is 5.58. The molecule has 0 radical (unpaired) electrons. The number of alkyl carbamates (subject to hydrolysis) is 1. The fraction of sp³-hybridized carbons (Fsp3) is 0.818. The van der Waals surface area contributed by atoms with Crippen LogP contribution in [0.4, 0.5) is 4.79 Å². The van der Waals surface area contributed by atoms with E-state index in [1.807, 2.05) is 0 Å². The third kappa shape index (κ3) is 3.72. The second-order valence-corrected chi connectivity index (χ2v) is 5.19. The van der Waals surface area contributed by atoms with Crippen molar-refractivity contribution < 1.29 is 14.3 Å². The highest BCUT2D eigenvalue weighted by Crippen LogP contribution is 2.25. The van der Waals surface area contributed by atoms with Gasteiger partial charge in [0.2, 0.25) is 5.91 Å². The first-order chi connectivity index (χ1) is 7.29. The van der Waals surface area contributed by atoms with E-state index in [0.717, 1.165) is 19.3 Å². The maximum Gasteiger partial charge on any atom is 0.407 e. The number of nitrogens with two attached hydrogens (primary N) is 1. The third-order valence-corrected chi connectivity index (χ3v) is 2.58. The molecule has 1 aliphatic carbocycles. The lowest BCUT2D eigenvalue weighted by molar-refractivity contribution is -0.122.